The molecule has 0 aromatic carbocycles. The molecule has 3 fully saturated rings. The lowest BCUT2D eigenvalue weighted by Gasteiger charge is -2.23. The Morgan fingerprint density at radius 2 is 2.07 bits per heavy atom. The molecule has 0 spiro atoms. The van der Waals surface area contributed by atoms with Crippen LogP contribution in [0.25, 0.3) is 0 Å². The maximum absolute atomic E-state index is 12.0. The van der Waals surface area contributed by atoms with Gasteiger partial charge in [-0.15, -0.1) is 0 Å². The normalized spacial score (nSPS) is 40.6. The van der Waals surface area contributed by atoms with Crippen LogP contribution < -0.4 is 5.73 Å². The number of hydrogen-bond acceptors (Lipinski definition) is 2. The van der Waals surface area contributed by atoms with Gasteiger partial charge < -0.3 is 10.6 Å². The van der Waals surface area contributed by atoms with E-state index in [4.69, 9.17) is 5.73 Å². The van der Waals surface area contributed by atoms with Crippen LogP contribution in [0.4, 0.5) is 0 Å². The average Bonchev–Trinajstić information content (AvgIpc) is 2.91. The Hall–Kier alpha value is -0.570. The maximum Gasteiger partial charge on any atom is 0.226 e. The Labute approximate surface area is 84.6 Å². The van der Waals surface area contributed by atoms with Crippen LogP contribution in [0.15, 0.2) is 0 Å². The number of fused-ring (bicyclic) bond motifs is 2. The molecule has 0 aromatic heterocycles. The van der Waals surface area contributed by atoms with Crippen molar-refractivity contribution in [3.8, 4) is 0 Å². The first-order valence-corrected chi connectivity index (χ1v) is 5.83. The van der Waals surface area contributed by atoms with Crippen molar-refractivity contribution in [1.82, 2.24) is 4.90 Å². The predicted octanol–water partition coefficient (Wildman–Crippen LogP) is 0.735. The highest BCUT2D eigenvalue weighted by atomic mass is 16.2. The molecule has 3 atom stereocenters. The van der Waals surface area contributed by atoms with Crippen LogP contribution in [0.3, 0.4) is 0 Å². The first-order chi connectivity index (χ1) is 6.81. The number of carbonyl (C=O) groups excluding carboxylic acids is 1. The molecular formula is C11H18N2O. The van der Waals surface area contributed by atoms with E-state index < -0.39 is 0 Å². The minimum absolute atomic E-state index is 0.384. The molecule has 78 valence electrons. The fourth-order valence-corrected chi connectivity index (χ4v) is 3.25. The van der Waals surface area contributed by atoms with Crippen molar-refractivity contribution in [2.24, 2.45) is 17.6 Å². The molecule has 2 bridgehead atoms. The molecule has 3 rings (SSSR count). The fraction of sp³-hybridized carbons (Fsp3) is 0.909. The van der Waals surface area contributed by atoms with Gasteiger partial charge in [0.2, 0.25) is 5.91 Å². The molecular weight excluding hydrogens is 176 g/mol. The monoisotopic (exact) mass is 194 g/mol. The maximum atomic E-state index is 12.0. The molecule has 3 aliphatic rings. The number of nitrogens with two attached hydrogens (primary N) is 1. The summed E-state index contributed by atoms with van der Waals surface area (Å²) in [5, 5.41) is 0. The second-order valence-electron chi connectivity index (χ2n) is 5.05. The number of carbonyl (C=O) groups is 1. The number of hydrogen-bond donors (Lipinski definition) is 1. The van der Waals surface area contributed by atoms with Gasteiger partial charge in [0.05, 0.1) is 0 Å². The first-order valence-electron chi connectivity index (χ1n) is 5.83. The molecule has 1 saturated carbocycles. The summed E-state index contributed by atoms with van der Waals surface area (Å²) in [6.07, 6.45) is 5.84. The Morgan fingerprint density at radius 3 is 2.64 bits per heavy atom. The summed E-state index contributed by atoms with van der Waals surface area (Å²) in [5.41, 5.74) is 5.74. The molecule has 1 amide bonds. The summed E-state index contributed by atoms with van der Waals surface area (Å²) in [6.45, 7) is 0.760. The van der Waals surface area contributed by atoms with Crippen molar-refractivity contribution < 1.29 is 4.79 Å². The van der Waals surface area contributed by atoms with Crippen LogP contribution in [0, 0.1) is 11.8 Å². The zero-order valence-corrected chi connectivity index (χ0v) is 8.48. The van der Waals surface area contributed by atoms with Gasteiger partial charge in [-0.2, -0.15) is 0 Å². The second-order valence-corrected chi connectivity index (χ2v) is 5.05. The van der Waals surface area contributed by atoms with Crippen molar-refractivity contribution >= 4 is 5.91 Å². The third-order valence-electron chi connectivity index (χ3n) is 4.15. The van der Waals surface area contributed by atoms with Crippen molar-refractivity contribution in [3.63, 3.8) is 0 Å². The summed E-state index contributed by atoms with van der Waals surface area (Å²) in [7, 11) is 0. The summed E-state index contributed by atoms with van der Waals surface area (Å²) in [4.78, 5) is 14.2. The molecule has 3 heteroatoms. The van der Waals surface area contributed by atoms with Crippen LogP contribution in [0.2, 0.25) is 0 Å². The lowest BCUT2D eigenvalue weighted by molar-refractivity contribution is -0.134. The highest BCUT2D eigenvalue weighted by molar-refractivity contribution is 5.82. The van der Waals surface area contributed by atoms with E-state index in [0.717, 1.165) is 19.4 Å². The lowest BCUT2D eigenvalue weighted by atomic mass is 9.89. The lowest BCUT2D eigenvalue weighted by Crippen LogP contribution is -2.38. The summed E-state index contributed by atoms with van der Waals surface area (Å²) >= 11 is 0. The molecule has 2 N–H and O–H groups in total. The third kappa shape index (κ3) is 1.11. The van der Waals surface area contributed by atoms with E-state index in [-0.39, 0.29) is 0 Å². The van der Waals surface area contributed by atoms with Gasteiger partial charge >= 0.3 is 0 Å². The van der Waals surface area contributed by atoms with Crippen LogP contribution in [0.5, 0.6) is 0 Å². The molecule has 3 nitrogen and oxygen atoms in total. The molecule has 0 aromatic rings. The quantitative estimate of drug-likeness (QED) is 0.704. The van der Waals surface area contributed by atoms with E-state index in [1.54, 1.807) is 0 Å². The van der Waals surface area contributed by atoms with Crippen LogP contribution in [0.1, 0.15) is 32.1 Å². The number of nitrogens with zero attached hydrogens (tertiary/aromatic N) is 1. The van der Waals surface area contributed by atoms with Crippen LogP contribution in [-0.2, 0) is 4.79 Å². The Kier molecular flexibility index (Phi) is 1.84. The first kappa shape index (κ1) is 8.72. The molecule has 0 radical (unpaired) electrons. The van der Waals surface area contributed by atoms with Crippen LogP contribution >= 0.6 is 0 Å². The zero-order valence-electron chi connectivity index (χ0n) is 8.48. The van der Waals surface area contributed by atoms with E-state index in [0.29, 0.717) is 29.8 Å². The number of amides is 1. The number of rotatable bonds is 2. The zero-order chi connectivity index (χ0) is 9.71. The van der Waals surface area contributed by atoms with Gasteiger partial charge in [-0.1, -0.05) is 0 Å². The SMILES string of the molecule is NCC1CC2CCC1N2C(=O)C1CC1. The topological polar surface area (TPSA) is 46.3 Å². The Balaban J connectivity index is 1.77. The molecule has 14 heavy (non-hydrogen) atoms. The minimum atomic E-state index is 0.384. The average molecular weight is 194 g/mol. The summed E-state index contributed by atoms with van der Waals surface area (Å²) < 4.78 is 0. The van der Waals surface area contributed by atoms with Gasteiger partial charge in [0.15, 0.2) is 0 Å². The summed E-state index contributed by atoms with van der Waals surface area (Å²) in [5.74, 6) is 1.42. The summed E-state index contributed by atoms with van der Waals surface area (Å²) in [6, 6.07) is 1.04. The second kappa shape index (κ2) is 2.96. The molecule has 2 heterocycles. The van der Waals surface area contributed by atoms with Gasteiger partial charge in [0, 0.05) is 18.0 Å². The van der Waals surface area contributed by atoms with Gasteiger partial charge in [0.25, 0.3) is 0 Å². The standard InChI is InChI=1S/C11H18N2O/c12-6-8-5-9-3-4-10(8)13(9)11(14)7-1-2-7/h7-10H,1-6,12H2. The largest absolute Gasteiger partial charge is 0.336 e. The van der Waals surface area contributed by atoms with Gasteiger partial charge in [-0.3, -0.25) is 4.79 Å². The van der Waals surface area contributed by atoms with E-state index in [1.165, 1.54) is 19.3 Å². The molecule has 2 aliphatic heterocycles. The van der Waals surface area contributed by atoms with Crippen molar-refractivity contribution in [3.05, 3.63) is 0 Å². The van der Waals surface area contributed by atoms with Crippen LogP contribution in [-0.4, -0.2) is 29.4 Å². The van der Waals surface area contributed by atoms with Gasteiger partial charge in [0.1, 0.15) is 0 Å². The van der Waals surface area contributed by atoms with Crippen molar-refractivity contribution in [1.29, 1.82) is 0 Å². The van der Waals surface area contributed by atoms with Gasteiger partial charge in [-0.05, 0) is 44.6 Å². The van der Waals surface area contributed by atoms with E-state index in [9.17, 15) is 4.79 Å². The predicted molar refractivity (Wildman–Crippen MR) is 53.5 cm³/mol. The molecule has 3 unspecified atom stereocenters. The van der Waals surface area contributed by atoms with E-state index in [1.807, 2.05) is 0 Å². The highest BCUT2D eigenvalue weighted by Gasteiger charge is 2.50. The third-order valence-corrected chi connectivity index (χ3v) is 4.15. The molecule has 2 saturated heterocycles. The Bertz CT molecular complexity index is 262. The molecule has 1 aliphatic carbocycles. The van der Waals surface area contributed by atoms with Crippen molar-refractivity contribution in [2.75, 3.05) is 6.54 Å². The fourth-order valence-electron chi connectivity index (χ4n) is 3.25. The van der Waals surface area contributed by atoms with Gasteiger partial charge in [-0.25, -0.2) is 0 Å². The van der Waals surface area contributed by atoms with E-state index in [2.05, 4.69) is 4.90 Å². The Morgan fingerprint density at radius 1 is 1.29 bits per heavy atom. The smallest absolute Gasteiger partial charge is 0.226 e. The van der Waals surface area contributed by atoms with E-state index >= 15 is 0 Å². The van der Waals surface area contributed by atoms with Crippen molar-refractivity contribution in [2.45, 2.75) is 44.2 Å². The minimum Gasteiger partial charge on any atom is -0.336 e. The highest BCUT2D eigenvalue weighted by Crippen LogP contribution is 2.44.